The molecular weight excluding hydrogens is 206 g/mol. The predicted molar refractivity (Wildman–Crippen MR) is 62.3 cm³/mol. The second kappa shape index (κ2) is 4.85. The molecule has 86 valence electrons. The second-order valence-corrected chi connectivity index (χ2v) is 3.76. The minimum Gasteiger partial charge on any atom is -0.335 e. The van der Waals surface area contributed by atoms with Crippen LogP contribution in [0.25, 0.3) is 0 Å². The van der Waals surface area contributed by atoms with Gasteiger partial charge in [0.2, 0.25) is 0 Å². The quantitative estimate of drug-likeness (QED) is 0.681. The van der Waals surface area contributed by atoms with Crippen LogP contribution in [0.3, 0.4) is 0 Å². The molecule has 0 heterocycles. The minimum atomic E-state index is -0.155. The molecule has 5 heteroatoms. The summed E-state index contributed by atoms with van der Waals surface area (Å²) >= 11 is 0. The molecular formula is C11H15N3O2. The number of hydrogen-bond acceptors (Lipinski definition) is 3. The second-order valence-electron chi connectivity index (χ2n) is 3.76. The van der Waals surface area contributed by atoms with Gasteiger partial charge in [0.15, 0.2) is 0 Å². The maximum Gasteiger partial charge on any atom is 0.319 e. The van der Waals surface area contributed by atoms with Crippen molar-refractivity contribution >= 4 is 17.4 Å². The van der Waals surface area contributed by atoms with Crippen LogP contribution in [-0.4, -0.2) is 19.2 Å². The van der Waals surface area contributed by atoms with E-state index in [4.69, 9.17) is 4.84 Å². The molecule has 1 aromatic carbocycles. The third-order valence-corrected chi connectivity index (χ3v) is 2.25. The molecule has 1 aliphatic carbocycles. The van der Waals surface area contributed by atoms with Crippen LogP contribution in [-0.2, 0) is 4.84 Å². The Morgan fingerprint density at radius 2 is 2.12 bits per heavy atom. The Labute approximate surface area is 94.1 Å². The summed E-state index contributed by atoms with van der Waals surface area (Å²) in [6.07, 6.45) is 2.16. The van der Waals surface area contributed by atoms with E-state index in [1.54, 1.807) is 13.2 Å². The van der Waals surface area contributed by atoms with Crippen molar-refractivity contribution in [1.82, 2.24) is 5.32 Å². The number of hydrogen-bond donors (Lipinski definition) is 3. The van der Waals surface area contributed by atoms with Gasteiger partial charge in [-0.2, -0.15) is 0 Å². The van der Waals surface area contributed by atoms with Crippen LogP contribution >= 0.6 is 0 Å². The van der Waals surface area contributed by atoms with Gasteiger partial charge in [0.25, 0.3) is 0 Å². The largest absolute Gasteiger partial charge is 0.335 e. The first-order chi connectivity index (χ1) is 7.78. The monoisotopic (exact) mass is 221 g/mol. The molecule has 16 heavy (non-hydrogen) atoms. The van der Waals surface area contributed by atoms with Gasteiger partial charge in [0.05, 0.1) is 12.8 Å². The molecule has 0 bridgehead atoms. The molecule has 3 N–H and O–H groups in total. The summed E-state index contributed by atoms with van der Waals surface area (Å²) in [6, 6.07) is 7.53. The van der Waals surface area contributed by atoms with Crippen LogP contribution in [0.1, 0.15) is 12.8 Å². The third kappa shape index (κ3) is 3.13. The fraction of sp³-hybridized carbons (Fsp3) is 0.364. The fourth-order valence-corrected chi connectivity index (χ4v) is 1.36. The lowest BCUT2D eigenvalue weighted by atomic mass is 10.3. The zero-order valence-corrected chi connectivity index (χ0v) is 9.12. The Balaban J connectivity index is 1.91. The van der Waals surface area contributed by atoms with E-state index < -0.39 is 0 Å². The van der Waals surface area contributed by atoms with Crippen LogP contribution < -0.4 is 16.1 Å². The van der Waals surface area contributed by atoms with Crippen LogP contribution in [0.4, 0.5) is 16.2 Å². The molecule has 1 aromatic rings. The third-order valence-electron chi connectivity index (χ3n) is 2.25. The fourth-order valence-electron chi connectivity index (χ4n) is 1.36. The summed E-state index contributed by atoms with van der Waals surface area (Å²) in [5.74, 6) is 0. The van der Waals surface area contributed by atoms with Gasteiger partial charge in [-0.25, -0.2) is 4.79 Å². The number of urea groups is 1. The van der Waals surface area contributed by atoms with Crippen molar-refractivity contribution < 1.29 is 9.63 Å². The Morgan fingerprint density at radius 1 is 1.38 bits per heavy atom. The molecule has 0 saturated heterocycles. The lowest BCUT2D eigenvalue weighted by Crippen LogP contribution is -2.30. The van der Waals surface area contributed by atoms with E-state index in [2.05, 4.69) is 16.1 Å². The molecule has 0 radical (unpaired) electrons. The summed E-state index contributed by atoms with van der Waals surface area (Å²) in [6.45, 7) is 0. The normalized spacial score (nSPS) is 14.3. The molecule has 0 spiro atoms. The van der Waals surface area contributed by atoms with Crippen LogP contribution in [0, 0.1) is 0 Å². The standard InChI is InChI=1S/C11H15N3O2/c1-16-14-10-4-2-3-9(7-10)13-11(15)12-8-5-6-8/h2-4,7-8,14H,5-6H2,1H3,(H2,12,13,15). The minimum absolute atomic E-state index is 0.155. The summed E-state index contributed by atoms with van der Waals surface area (Å²) < 4.78 is 0. The molecule has 5 nitrogen and oxygen atoms in total. The van der Waals surface area contributed by atoms with E-state index in [1.165, 1.54) is 0 Å². The van der Waals surface area contributed by atoms with Crippen molar-refractivity contribution in [2.45, 2.75) is 18.9 Å². The van der Waals surface area contributed by atoms with Gasteiger partial charge >= 0.3 is 6.03 Å². The summed E-state index contributed by atoms with van der Waals surface area (Å²) in [5.41, 5.74) is 4.24. The molecule has 0 unspecified atom stereocenters. The highest BCUT2D eigenvalue weighted by atomic mass is 16.6. The highest BCUT2D eigenvalue weighted by Gasteiger charge is 2.23. The van der Waals surface area contributed by atoms with Gasteiger partial charge in [0.1, 0.15) is 0 Å². The number of carbonyl (C=O) groups excluding carboxylic acids is 1. The first-order valence-electron chi connectivity index (χ1n) is 5.24. The Kier molecular flexibility index (Phi) is 3.26. The summed E-state index contributed by atoms with van der Waals surface area (Å²) in [4.78, 5) is 16.2. The van der Waals surface area contributed by atoms with Crippen LogP contribution in [0.5, 0.6) is 0 Å². The Bertz CT molecular complexity index is 377. The maximum absolute atomic E-state index is 11.5. The van der Waals surface area contributed by atoms with Gasteiger partial charge < -0.3 is 10.6 Å². The molecule has 1 aliphatic rings. The van der Waals surface area contributed by atoms with Crippen molar-refractivity contribution in [2.24, 2.45) is 0 Å². The van der Waals surface area contributed by atoms with Crippen LogP contribution in [0.15, 0.2) is 24.3 Å². The molecule has 2 amide bonds. The van der Waals surface area contributed by atoms with E-state index in [0.29, 0.717) is 6.04 Å². The van der Waals surface area contributed by atoms with Crippen molar-refractivity contribution in [3.05, 3.63) is 24.3 Å². The van der Waals surface area contributed by atoms with E-state index in [1.807, 2.05) is 18.2 Å². The average molecular weight is 221 g/mol. The van der Waals surface area contributed by atoms with Gasteiger partial charge in [-0.15, -0.1) is 0 Å². The topological polar surface area (TPSA) is 62.4 Å². The number of nitrogens with one attached hydrogen (secondary N) is 3. The van der Waals surface area contributed by atoms with E-state index in [0.717, 1.165) is 24.2 Å². The average Bonchev–Trinajstić information content (AvgIpc) is 3.02. The molecule has 1 saturated carbocycles. The van der Waals surface area contributed by atoms with Gasteiger partial charge in [-0.3, -0.25) is 10.3 Å². The summed E-state index contributed by atoms with van der Waals surface area (Å²) in [7, 11) is 1.54. The van der Waals surface area contributed by atoms with Crippen LogP contribution in [0.2, 0.25) is 0 Å². The van der Waals surface area contributed by atoms with Gasteiger partial charge in [-0.1, -0.05) is 6.07 Å². The van der Waals surface area contributed by atoms with E-state index >= 15 is 0 Å². The first-order valence-corrected chi connectivity index (χ1v) is 5.24. The molecule has 1 fully saturated rings. The molecule has 0 aromatic heterocycles. The smallest absolute Gasteiger partial charge is 0.319 e. The maximum atomic E-state index is 11.5. The Morgan fingerprint density at radius 3 is 2.81 bits per heavy atom. The number of amides is 2. The SMILES string of the molecule is CONc1cccc(NC(=O)NC2CC2)c1. The molecule has 2 rings (SSSR count). The molecule has 0 atom stereocenters. The number of anilines is 2. The highest BCUT2D eigenvalue weighted by Crippen LogP contribution is 2.19. The zero-order chi connectivity index (χ0) is 11.4. The van der Waals surface area contributed by atoms with E-state index in [-0.39, 0.29) is 6.03 Å². The lowest BCUT2D eigenvalue weighted by molar-refractivity contribution is 0.251. The van der Waals surface area contributed by atoms with Crippen molar-refractivity contribution in [2.75, 3.05) is 17.9 Å². The van der Waals surface area contributed by atoms with Gasteiger partial charge in [-0.05, 0) is 31.0 Å². The van der Waals surface area contributed by atoms with Crippen molar-refractivity contribution in [3.63, 3.8) is 0 Å². The summed E-state index contributed by atoms with van der Waals surface area (Å²) in [5, 5.41) is 5.62. The highest BCUT2D eigenvalue weighted by molar-refractivity contribution is 5.90. The van der Waals surface area contributed by atoms with Crippen molar-refractivity contribution in [3.8, 4) is 0 Å². The van der Waals surface area contributed by atoms with E-state index in [9.17, 15) is 4.79 Å². The number of rotatable bonds is 4. The molecule has 0 aliphatic heterocycles. The number of benzene rings is 1. The first kappa shape index (κ1) is 10.8. The lowest BCUT2D eigenvalue weighted by Gasteiger charge is -2.08. The van der Waals surface area contributed by atoms with Crippen molar-refractivity contribution in [1.29, 1.82) is 0 Å². The predicted octanol–water partition coefficient (Wildman–Crippen LogP) is 1.94. The zero-order valence-electron chi connectivity index (χ0n) is 9.12. The Hall–Kier alpha value is -1.75. The van der Waals surface area contributed by atoms with Gasteiger partial charge in [0, 0.05) is 11.7 Å². The number of carbonyl (C=O) groups is 1.